The zero-order valence-electron chi connectivity index (χ0n) is 17.1. The summed E-state index contributed by atoms with van der Waals surface area (Å²) in [6.07, 6.45) is 1.52. The van der Waals surface area contributed by atoms with Crippen LogP contribution in [0.15, 0.2) is 88.2 Å². The van der Waals surface area contributed by atoms with Crippen molar-refractivity contribution >= 4 is 45.4 Å². The summed E-state index contributed by atoms with van der Waals surface area (Å²) in [5, 5.41) is 12.8. The summed E-state index contributed by atoms with van der Waals surface area (Å²) >= 11 is 0.860. The summed E-state index contributed by atoms with van der Waals surface area (Å²) in [4.78, 5) is 37.4. The lowest BCUT2D eigenvalue weighted by molar-refractivity contribution is -0.384. The quantitative estimate of drug-likeness (QED) is 0.200. The fourth-order valence-electron chi connectivity index (χ4n) is 3.64. The van der Waals surface area contributed by atoms with E-state index in [0.717, 1.165) is 28.1 Å². The third-order valence-corrected chi connectivity index (χ3v) is 6.18. The van der Waals surface area contributed by atoms with Gasteiger partial charge in [-0.25, -0.2) is 0 Å². The zero-order valence-corrected chi connectivity index (χ0v) is 18.0. The Balaban J connectivity index is 1.36. The number of hydrogen-bond donors (Lipinski definition) is 0. The molecule has 0 N–H and O–H groups in total. The van der Waals surface area contributed by atoms with Crippen LogP contribution in [0, 0.1) is 10.1 Å². The average Bonchev–Trinajstić information content (AvgIpc) is 3.39. The van der Waals surface area contributed by atoms with Gasteiger partial charge in [0, 0.05) is 23.8 Å². The standard InChI is InChI=1S/C25H16N2O5S/c28-24-23(14-21-10-11-22(32-21)19-6-3-7-20(13-19)27(30)31)33-25(29)26(24)15-16-8-9-17-4-1-2-5-18(17)12-16/h1-14H,15H2/b23-14-. The largest absolute Gasteiger partial charge is 0.457 e. The van der Waals surface area contributed by atoms with Crippen LogP contribution < -0.4 is 0 Å². The Morgan fingerprint density at radius 2 is 1.76 bits per heavy atom. The number of carbonyl (C=O) groups excluding carboxylic acids is 2. The normalized spacial score (nSPS) is 15.0. The predicted molar refractivity (Wildman–Crippen MR) is 126 cm³/mol. The Hall–Kier alpha value is -4.17. The van der Waals surface area contributed by atoms with Gasteiger partial charge in [0.1, 0.15) is 11.5 Å². The molecule has 1 saturated heterocycles. The van der Waals surface area contributed by atoms with Crippen molar-refractivity contribution in [1.29, 1.82) is 0 Å². The fraction of sp³-hybridized carbons (Fsp3) is 0.0400. The van der Waals surface area contributed by atoms with Gasteiger partial charge in [0.2, 0.25) is 0 Å². The highest BCUT2D eigenvalue weighted by atomic mass is 32.2. The van der Waals surface area contributed by atoms with Crippen LogP contribution in [-0.4, -0.2) is 21.0 Å². The molecule has 1 aliphatic heterocycles. The zero-order chi connectivity index (χ0) is 22.9. The van der Waals surface area contributed by atoms with Gasteiger partial charge in [-0.15, -0.1) is 0 Å². The Bertz CT molecular complexity index is 1460. The molecule has 3 aromatic carbocycles. The maximum atomic E-state index is 12.9. The van der Waals surface area contributed by atoms with E-state index >= 15 is 0 Å². The molecule has 162 valence electrons. The van der Waals surface area contributed by atoms with E-state index in [1.165, 1.54) is 23.1 Å². The van der Waals surface area contributed by atoms with Gasteiger partial charge < -0.3 is 4.42 Å². The molecular formula is C25H16N2O5S. The van der Waals surface area contributed by atoms with Crippen LogP contribution in [0.25, 0.3) is 28.2 Å². The summed E-state index contributed by atoms with van der Waals surface area (Å²) in [6.45, 7) is 0.184. The first-order chi connectivity index (χ1) is 16.0. The number of imide groups is 1. The van der Waals surface area contributed by atoms with Crippen molar-refractivity contribution in [3.63, 3.8) is 0 Å². The topological polar surface area (TPSA) is 93.7 Å². The maximum absolute atomic E-state index is 12.9. The minimum Gasteiger partial charge on any atom is -0.457 e. The highest BCUT2D eigenvalue weighted by Gasteiger charge is 2.35. The van der Waals surface area contributed by atoms with Crippen LogP contribution in [0.5, 0.6) is 0 Å². The summed E-state index contributed by atoms with van der Waals surface area (Å²) in [5.74, 6) is 0.430. The molecule has 0 atom stereocenters. The van der Waals surface area contributed by atoms with Crippen molar-refractivity contribution in [3.05, 3.63) is 105 Å². The molecule has 33 heavy (non-hydrogen) atoms. The number of amides is 2. The summed E-state index contributed by atoms with van der Waals surface area (Å²) in [6, 6.07) is 23.2. The lowest BCUT2D eigenvalue weighted by Gasteiger charge is -2.13. The second kappa shape index (κ2) is 8.40. The van der Waals surface area contributed by atoms with Gasteiger partial charge in [0.15, 0.2) is 0 Å². The van der Waals surface area contributed by atoms with Crippen LogP contribution in [0.3, 0.4) is 0 Å². The minimum absolute atomic E-state index is 0.0414. The lowest BCUT2D eigenvalue weighted by atomic mass is 10.1. The van der Waals surface area contributed by atoms with E-state index < -0.39 is 4.92 Å². The first-order valence-electron chi connectivity index (χ1n) is 10.1. The smallest absolute Gasteiger partial charge is 0.293 e. The molecule has 1 aromatic heterocycles. The molecular weight excluding hydrogens is 440 g/mol. The molecule has 4 aromatic rings. The van der Waals surface area contributed by atoms with Crippen LogP contribution >= 0.6 is 11.8 Å². The van der Waals surface area contributed by atoms with Gasteiger partial charge in [0.05, 0.1) is 16.4 Å². The van der Waals surface area contributed by atoms with Crippen LogP contribution in [0.1, 0.15) is 11.3 Å². The summed E-state index contributed by atoms with van der Waals surface area (Å²) in [5.41, 5.74) is 1.37. The molecule has 0 unspecified atom stereocenters. The number of benzene rings is 3. The number of non-ortho nitro benzene ring substituents is 1. The molecule has 0 bridgehead atoms. The summed E-state index contributed by atoms with van der Waals surface area (Å²) in [7, 11) is 0. The van der Waals surface area contributed by atoms with Crippen molar-refractivity contribution in [2.75, 3.05) is 0 Å². The van der Waals surface area contributed by atoms with Crippen molar-refractivity contribution in [3.8, 4) is 11.3 Å². The highest BCUT2D eigenvalue weighted by Crippen LogP contribution is 2.35. The number of furan rings is 1. The number of hydrogen-bond acceptors (Lipinski definition) is 6. The Morgan fingerprint density at radius 1 is 0.939 bits per heavy atom. The van der Waals surface area contributed by atoms with Crippen LogP contribution in [0.2, 0.25) is 0 Å². The molecule has 1 fully saturated rings. The molecule has 0 spiro atoms. The molecule has 5 rings (SSSR count). The first kappa shape index (κ1) is 20.7. The number of nitro benzene ring substituents is 1. The number of carbonyl (C=O) groups is 2. The van der Waals surface area contributed by atoms with Crippen LogP contribution in [-0.2, 0) is 11.3 Å². The third kappa shape index (κ3) is 4.16. The molecule has 7 nitrogen and oxygen atoms in total. The van der Waals surface area contributed by atoms with Crippen LogP contribution in [0.4, 0.5) is 10.5 Å². The monoisotopic (exact) mass is 456 g/mol. The van der Waals surface area contributed by atoms with Crippen molar-refractivity contribution < 1.29 is 18.9 Å². The van der Waals surface area contributed by atoms with Crippen molar-refractivity contribution in [2.24, 2.45) is 0 Å². The van der Waals surface area contributed by atoms with Crippen molar-refractivity contribution in [1.82, 2.24) is 4.90 Å². The number of rotatable bonds is 5. The van der Waals surface area contributed by atoms with Gasteiger partial charge in [-0.1, -0.05) is 48.5 Å². The second-order valence-electron chi connectivity index (χ2n) is 7.46. The Kier molecular flexibility index (Phi) is 5.27. The molecule has 0 radical (unpaired) electrons. The van der Waals surface area contributed by atoms with Gasteiger partial charge in [-0.3, -0.25) is 24.6 Å². The SMILES string of the molecule is O=C1S/C(=C\c2ccc(-c3cccc([N+](=O)[O-])c3)o2)C(=O)N1Cc1ccc2ccccc2c1. The predicted octanol–water partition coefficient (Wildman–Crippen LogP) is 6.24. The molecule has 8 heteroatoms. The minimum atomic E-state index is -0.473. The molecule has 0 saturated carbocycles. The van der Waals surface area contributed by atoms with E-state index in [9.17, 15) is 19.7 Å². The average molecular weight is 456 g/mol. The van der Waals surface area contributed by atoms with Gasteiger partial charge >= 0.3 is 0 Å². The fourth-order valence-corrected chi connectivity index (χ4v) is 4.46. The number of nitro groups is 1. The molecule has 1 aliphatic rings. The molecule has 0 aliphatic carbocycles. The van der Waals surface area contributed by atoms with E-state index in [0.29, 0.717) is 17.1 Å². The lowest BCUT2D eigenvalue weighted by Crippen LogP contribution is -2.27. The van der Waals surface area contributed by atoms with E-state index in [2.05, 4.69) is 0 Å². The molecule has 2 amide bonds. The Morgan fingerprint density at radius 3 is 2.58 bits per heavy atom. The number of nitrogens with zero attached hydrogens (tertiary/aromatic N) is 2. The van der Waals surface area contributed by atoms with E-state index in [-0.39, 0.29) is 28.3 Å². The maximum Gasteiger partial charge on any atom is 0.293 e. The summed E-state index contributed by atoms with van der Waals surface area (Å²) < 4.78 is 5.76. The van der Waals surface area contributed by atoms with Gasteiger partial charge in [-0.2, -0.15) is 0 Å². The van der Waals surface area contributed by atoms with E-state index in [1.54, 1.807) is 24.3 Å². The Labute approximate surface area is 192 Å². The third-order valence-electron chi connectivity index (χ3n) is 5.27. The van der Waals surface area contributed by atoms with Gasteiger partial charge in [0.25, 0.3) is 16.8 Å². The van der Waals surface area contributed by atoms with Crippen molar-refractivity contribution in [2.45, 2.75) is 6.54 Å². The van der Waals surface area contributed by atoms with Gasteiger partial charge in [-0.05, 0) is 46.3 Å². The molecule has 2 heterocycles. The second-order valence-corrected chi connectivity index (χ2v) is 8.45. The van der Waals surface area contributed by atoms with E-state index in [1.807, 2.05) is 42.5 Å². The number of fused-ring (bicyclic) bond motifs is 1. The first-order valence-corrected chi connectivity index (χ1v) is 10.9. The number of thioether (sulfide) groups is 1. The highest BCUT2D eigenvalue weighted by molar-refractivity contribution is 8.18. The van der Waals surface area contributed by atoms with E-state index in [4.69, 9.17) is 4.42 Å².